The van der Waals surface area contributed by atoms with Crippen molar-refractivity contribution in [2.75, 3.05) is 0 Å². The van der Waals surface area contributed by atoms with Crippen LogP contribution in [0.3, 0.4) is 0 Å². The van der Waals surface area contributed by atoms with Crippen molar-refractivity contribution in [2.45, 2.75) is 0 Å². The van der Waals surface area contributed by atoms with Gasteiger partial charge in [0.25, 0.3) is 0 Å². The molecule has 11 aromatic rings. The smallest absolute Gasteiger partial charge is 0.0991 e. The number of hydrogen-bond acceptors (Lipinski definition) is 2. The zero-order chi connectivity index (χ0) is 33.1. The van der Waals surface area contributed by atoms with E-state index in [2.05, 4.69) is 133 Å². The minimum atomic E-state index is 0.642. The number of fused-ring (bicyclic) bond motifs is 9. The van der Waals surface area contributed by atoms with Gasteiger partial charge in [-0.25, -0.2) is 0 Å². The molecule has 0 heterocycles. The maximum absolute atomic E-state index is 9.74. The van der Waals surface area contributed by atoms with Crippen LogP contribution in [0.5, 0.6) is 0 Å². The summed E-state index contributed by atoms with van der Waals surface area (Å²) >= 11 is 0. The Morgan fingerprint density at radius 3 is 1.34 bits per heavy atom. The van der Waals surface area contributed by atoms with Crippen molar-refractivity contribution in [1.29, 1.82) is 10.5 Å². The molecule has 50 heavy (non-hydrogen) atoms. The van der Waals surface area contributed by atoms with Crippen LogP contribution >= 0.6 is 0 Å². The third kappa shape index (κ3) is 3.44. The summed E-state index contributed by atoms with van der Waals surface area (Å²) in [4.78, 5) is 0. The average molecular weight is 629 g/mol. The first-order valence-corrected chi connectivity index (χ1v) is 16.9. The van der Waals surface area contributed by atoms with Gasteiger partial charge in [-0.05, 0) is 151 Å². The predicted molar refractivity (Wildman–Crippen MR) is 209 cm³/mol. The summed E-state index contributed by atoms with van der Waals surface area (Å²) in [6.07, 6.45) is 0. The van der Waals surface area contributed by atoms with Gasteiger partial charge in [-0.3, -0.25) is 0 Å². The molecule has 0 spiro atoms. The van der Waals surface area contributed by atoms with Crippen LogP contribution in [-0.4, -0.2) is 0 Å². The summed E-state index contributed by atoms with van der Waals surface area (Å²) in [5.41, 5.74) is 5.80. The number of nitriles is 2. The molecule has 0 N–H and O–H groups in total. The van der Waals surface area contributed by atoms with Crippen molar-refractivity contribution >= 4 is 86.2 Å². The highest BCUT2D eigenvalue weighted by molar-refractivity contribution is 6.43. The van der Waals surface area contributed by atoms with E-state index in [0.717, 1.165) is 11.1 Å². The van der Waals surface area contributed by atoms with Crippen LogP contribution < -0.4 is 0 Å². The summed E-state index contributed by atoms with van der Waals surface area (Å²) < 4.78 is 0. The van der Waals surface area contributed by atoms with Gasteiger partial charge in [-0.2, -0.15) is 10.5 Å². The minimum Gasteiger partial charge on any atom is -0.192 e. The molecule has 0 aliphatic rings. The molecule has 11 rings (SSSR count). The largest absolute Gasteiger partial charge is 0.192 e. The van der Waals surface area contributed by atoms with Gasteiger partial charge in [-0.1, -0.05) is 103 Å². The second-order valence-electron chi connectivity index (χ2n) is 13.4. The van der Waals surface area contributed by atoms with E-state index in [9.17, 15) is 10.5 Å². The van der Waals surface area contributed by atoms with E-state index < -0.39 is 0 Å². The van der Waals surface area contributed by atoms with Crippen molar-refractivity contribution in [2.24, 2.45) is 0 Å². The van der Waals surface area contributed by atoms with Gasteiger partial charge < -0.3 is 0 Å². The van der Waals surface area contributed by atoms with Crippen LogP contribution in [0.15, 0.2) is 146 Å². The Labute approximate surface area is 286 Å². The molecule has 0 radical (unpaired) electrons. The molecule has 0 saturated heterocycles. The van der Waals surface area contributed by atoms with E-state index in [1.54, 1.807) is 0 Å². The predicted octanol–water partition coefficient (Wildman–Crippen LogP) is 12.9. The molecule has 0 amide bonds. The van der Waals surface area contributed by atoms with Gasteiger partial charge in [0.1, 0.15) is 0 Å². The third-order valence-corrected chi connectivity index (χ3v) is 11.0. The molecule has 0 fully saturated rings. The molecule has 0 aliphatic heterocycles. The van der Waals surface area contributed by atoms with Gasteiger partial charge in [0.15, 0.2) is 0 Å². The first-order chi connectivity index (χ1) is 24.7. The topological polar surface area (TPSA) is 47.6 Å². The van der Waals surface area contributed by atoms with E-state index in [4.69, 9.17) is 0 Å². The van der Waals surface area contributed by atoms with E-state index in [1.165, 1.54) is 97.3 Å². The Hall–Kier alpha value is -7.00. The number of benzene rings is 9. The molecule has 0 unspecified atom stereocenters. The Morgan fingerprint density at radius 2 is 0.760 bits per heavy atom. The summed E-state index contributed by atoms with van der Waals surface area (Å²) in [6.45, 7) is 0. The van der Waals surface area contributed by atoms with E-state index in [-0.39, 0.29) is 0 Å². The number of nitrogens with zero attached hydrogens (tertiary/aromatic N) is 2. The standard InChI is InChI=1S/C48H24N2/c49-25-27-14-18-30(19-15-27)44-40-23-38-35-10-3-7-29-8-4-11-36(43(29)35)39(38)24-41(40)45(31-20-16-28(26-50)17-21-31)48-42-22-32-6-1-2-9-33(32)34-12-5-13-37(46(34)42)47(44)48/h1-24H. The molecular formula is C48H24N2. The summed E-state index contributed by atoms with van der Waals surface area (Å²) in [6, 6.07) is 56.7. The number of hydrogen-bond donors (Lipinski definition) is 0. The van der Waals surface area contributed by atoms with Crippen molar-refractivity contribution in [3.8, 4) is 34.4 Å². The van der Waals surface area contributed by atoms with Crippen LogP contribution in [0.4, 0.5) is 0 Å². The fourth-order valence-electron chi connectivity index (χ4n) is 8.90. The summed E-state index contributed by atoms with van der Waals surface area (Å²) in [5, 5.41) is 39.2. The molecule has 0 aromatic heterocycles. The molecule has 0 atom stereocenters. The highest BCUT2D eigenvalue weighted by atomic mass is 14.3. The van der Waals surface area contributed by atoms with Gasteiger partial charge in [0.2, 0.25) is 0 Å². The van der Waals surface area contributed by atoms with Crippen molar-refractivity contribution in [1.82, 2.24) is 0 Å². The summed E-state index contributed by atoms with van der Waals surface area (Å²) in [5.74, 6) is 0. The summed E-state index contributed by atoms with van der Waals surface area (Å²) in [7, 11) is 0. The maximum atomic E-state index is 9.74. The van der Waals surface area contributed by atoms with Gasteiger partial charge in [0, 0.05) is 0 Å². The molecule has 226 valence electrons. The van der Waals surface area contributed by atoms with Gasteiger partial charge >= 0.3 is 0 Å². The number of rotatable bonds is 2. The lowest BCUT2D eigenvalue weighted by Gasteiger charge is -2.17. The van der Waals surface area contributed by atoms with Gasteiger partial charge in [-0.15, -0.1) is 0 Å². The lowest BCUT2D eigenvalue weighted by Crippen LogP contribution is -1.90. The first kappa shape index (κ1) is 27.0. The Morgan fingerprint density at radius 1 is 0.300 bits per heavy atom. The monoisotopic (exact) mass is 628 g/mol. The molecule has 0 saturated carbocycles. The van der Waals surface area contributed by atoms with Crippen LogP contribution in [0, 0.1) is 22.7 Å². The normalized spacial score (nSPS) is 12.0. The molecule has 2 heteroatoms. The second-order valence-corrected chi connectivity index (χ2v) is 13.4. The Balaban J connectivity index is 1.47. The van der Waals surface area contributed by atoms with E-state index in [1.807, 2.05) is 24.3 Å². The molecule has 2 nitrogen and oxygen atoms in total. The van der Waals surface area contributed by atoms with Crippen LogP contribution in [0.2, 0.25) is 0 Å². The average Bonchev–Trinajstić information content (AvgIpc) is 3.67. The molecule has 0 aliphatic carbocycles. The van der Waals surface area contributed by atoms with Crippen molar-refractivity contribution in [3.63, 3.8) is 0 Å². The lowest BCUT2D eigenvalue weighted by molar-refractivity contribution is 1.48. The Bertz CT molecular complexity index is 3300. The second kappa shape index (κ2) is 9.77. The quantitative estimate of drug-likeness (QED) is 0.179. The van der Waals surface area contributed by atoms with E-state index in [0.29, 0.717) is 11.1 Å². The lowest BCUT2D eigenvalue weighted by atomic mass is 9.85. The van der Waals surface area contributed by atoms with Crippen LogP contribution in [0.1, 0.15) is 11.1 Å². The molecular weight excluding hydrogens is 605 g/mol. The van der Waals surface area contributed by atoms with Gasteiger partial charge in [0.05, 0.1) is 23.3 Å². The SMILES string of the molecule is N#Cc1ccc(-c2c3cc4c(cc3c(-c3ccc(C#N)cc3)c3c5cc6ccccc6c6cccc(c23)c65)c2cccc3cccc4c32)cc1. The highest BCUT2D eigenvalue weighted by Gasteiger charge is 2.25. The Kier molecular flexibility index (Phi) is 5.28. The molecule has 11 aromatic carbocycles. The van der Waals surface area contributed by atoms with Crippen LogP contribution in [-0.2, 0) is 0 Å². The fraction of sp³-hybridized carbons (Fsp3) is 0. The zero-order valence-corrected chi connectivity index (χ0v) is 26.8. The van der Waals surface area contributed by atoms with E-state index >= 15 is 0 Å². The van der Waals surface area contributed by atoms with Crippen molar-refractivity contribution < 1.29 is 0 Å². The highest BCUT2D eigenvalue weighted by Crippen LogP contribution is 2.53. The first-order valence-electron chi connectivity index (χ1n) is 16.9. The maximum Gasteiger partial charge on any atom is 0.0991 e. The zero-order valence-electron chi connectivity index (χ0n) is 26.8. The third-order valence-electron chi connectivity index (χ3n) is 11.0. The minimum absolute atomic E-state index is 0.642. The van der Waals surface area contributed by atoms with Crippen molar-refractivity contribution in [3.05, 3.63) is 157 Å². The van der Waals surface area contributed by atoms with Crippen LogP contribution in [0.25, 0.3) is 108 Å². The molecule has 0 bridgehead atoms. The fourth-order valence-corrected chi connectivity index (χ4v) is 8.90.